The van der Waals surface area contributed by atoms with Crippen LogP contribution in [0.2, 0.25) is 0 Å². The first-order valence-corrected chi connectivity index (χ1v) is 10.7. The molecule has 0 saturated heterocycles. The minimum Gasteiger partial charge on any atom is -0.459 e. The van der Waals surface area contributed by atoms with E-state index in [0.29, 0.717) is 26.0 Å². The van der Waals surface area contributed by atoms with Crippen LogP contribution in [0.1, 0.15) is 41.9 Å². The summed E-state index contributed by atoms with van der Waals surface area (Å²) in [6.45, 7) is 1.12. The number of carbonyl (C=O) groups is 1. The van der Waals surface area contributed by atoms with Crippen molar-refractivity contribution in [3.63, 3.8) is 0 Å². The molecule has 0 radical (unpaired) electrons. The van der Waals surface area contributed by atoms with Crippen molar-refractivity contribution in [1.29, 1.82) is 0 Å². The Labute approximate surface area is 184 Å². The molecule has 2 N–H and O–H groups in total. The predicted octanol–water partition coefficient (Wildman–Crippen LogP) is 3.53. The van der Waals surface area contributed by atoms with E-state index in [0.717, 1.165) is 29.5 Å². The summed E-state index contributed by atoms with van der Waals surface area (Å²) in [7, 11) is 0. The van der Waals surface area contributed by atoms with Gasteiger partial charge in [0.1, 0.15) is 0 Å². The molecule has 5 nitrogen and oxygen atoms in total. The molecule has 0 aliphatic carbocycles. The summed E-state index contributed by atoms with van der Waals surface area (Å²) in [5.41, 5.74) is 3.04. The number of aliphatic hydroxyl groups excluding tert-OH is 1. The normalized spacial score (nSPS) is 17.9. The van der Waals surface area contributed by atoms with Gasteiger partial charge in [-0.3, -0.25) is 4.79 Å². The molecule has 0 bridgehead atoms. The summed E-state index contributed by atoms with van der Waals surface area (Å²) in [6.07, 6.45) is 9.56. The summed E-state index contributed by atoms with van der Waals surface area (Å²) in [5, 5.41) is 11.9. The predicted molar refractivity (Wildman–Crippen MR) is 120 cm³/mol. The Balaban J connectivity index is 1.66. The van der Waals surface area contributed by atoms with Crippen molar-refractivity contribution in [2.75, 3.05) is 19.8 Å². The lowest BCUT2D eigenvalue weighted by Gasteiger charge is -2.29. The zero-order valence-electron chi connectivity index (χ0n) is 17.6. The standard InChI is InChI=1S/C26H29NO4/c1-2-20-10-12-22(13-11-20)23-18-24(31-25(19-23)30-17-7-6-16-28)26(29)27-15-14-21-8-4-3-5-9-21/h1,3-5,8-13,18,23,25,28H,6-7,14-17,19H2,(H,27,29)/t23-,25+/m1/s1. The van der Waals surface area contributed by atoms with Crippen LogP contribution in [-0.4, -0.2) is 37.1 Å². The van der Waals surface area contributed by atoms with Gasteiger partial charge in [-0.25, -0.2) is 0 Å². The lowest BCUT2D eigenvalue weighted by molar-refractivity contribution is -0.146. The number of nitrogens with one attached hydrogen (secondary N) is 1. The van der Waals surface area contributed by atoms with Gasteiger partial charge in [0.25, 0.3) is 5.91 Å². The van der Waals surface area contributed by atoms with E-state index in [2.05, 4.69) is 11.2 Å². The number of terminal acetylenes is 1. The fourth-order valence-corrected chi connectivity index (χ4v) is 3.46. The highest BCUT2D eigenvalue weighted by atomic mass is 16.7. The van der Waals surface area contributed by atoms with Crippen LogP contribution < -0.4 is 5.32 Å². The maximum Gasteiger partial charge on any atom is 0.286 e. The van der Waals surface area contributed by atoms with E-state index in [-0.39, 0.29) is 24.2 Å². The van der Waals surface area contributed by atoms with E-state index in [4.69, 9.17) is 21.0 Å². The average Bonchev–Trinajstić information content (AvgIpc) is 2.82. The van der Waals surface area contributed by atoms with Gasteiger partial charge >= 0.3 is 0 Å². The maximum atomic E-state index is 12.8. The third kappa shape index (κ3) is 6.99. The van der Waals surface area contributed by atoms with Crippen LogP contribution >= 0.6 is 0 Å². The Morgan fingerprint density at radius 2 is 1.94 bits per heavy atom. The van der Waals surface area contributed by atoms with Crippen molar-refractivity contribution in [3.8, 4) is 12.3 Å². The molecule has 31 heavy (non-hydrogen) atoms. The van der Waals surface area contributed by atoms with Crippen LogP contribution in [-0.2, 0) is 20.7 Å². The Hall–Kier alpha value is -3.07. The SMILES string of the molecule is C#Cc1ccc([C@@H]2C=C(C(=O)NCCc3ccccc3)O[C@H](OCCCCO)C2)cc1. The largest absolute Gasteiger partial charge is 0.459 e. The zero-order valence-corrected chi connectivity index (χ0v) is 17.6. The van der Waals surface area contributed by atoms with Crippen molar-refractivity contribution in [1.82, 2.24) is 5.32 Å². The molecule has 3 rings (SSSR count). The van der Waals surface area contributed by atoms with E-state index in [1.165, 1.54) is 0 Å². The molecule has 0 unspecified atom stereocenters. The van der Waals surface area contributed by atoms with Gasteiger partial charge in [-0.2, -0.15) is 0 Å². The van der Waals surface area contributed by atoms with Gasteiger partial charge in [0.15, 0.2) is 5.76 Å². The summed E-state index contributed by atoms with van der Waals surface area (Å²) in [4.78, 5) is 12.8. The number of unbranched alkanes of at least 4 members (excludes halogenated alkanes) is 1. The summed E-state index contributed by atoms with van der Waals surface area (Å²) >= 11 is 0. The molecule has 2 atom stereocenters. The summed E-state index contributed by atoms with van der Waals surface area (Å²) in [5.74, 6) is 2.63. The molecule has 1 aliphatic rings. The van der Waals surface area contributed by atoms with Crippen molar-refractivity contribution < 1.29 is 19.4 Å². The second kappa shape index (κ2) is 11.9. The average molecular weight is 420 g/mol. The van der Waals surface area contributed by atoms with E-state index in [1.54, 1.807) is 0 Å². The van der Waals surface area contributed by atoms with Crippen LogP contribution in [0, 0.1) is 12.3 Å². The van der Waals surface area contributed by atoms with Gasteiger partial charge < -0.3 is 19.9 Å². The zero-order chi connectivity index (χ0) is 21.9. The molecule has 0 aromatic heterocycles. The highest BCUT2D eigenvalue weighted by Crippen LogP contribution is 2.31. The van der Waals surface area contributed by atoms with Gasteiger partial charge in [-0.1, -0.05) is 48.4 Å². The van der Waals surface area contributed by atoms with E-state index in [1.807, 2.05) is 60.7 Å². The number of carbonyl (C=O) groups excluding carboxylic acids is 1. The molecular weight excluding hydrogens is 390 g/mol. The number of amides is 1. The number of hydrogen-bond donors (Lipinski definition) is 2. The molecule has 2 aromatic rings. The Morgan fingerprint density at radius 3 is 2.65 bits per heavy atom. The molecule has 5 heteroatoms. The van der Waals surface area contributed by atoms with Crippen molar-refractivity contribution >= 4 is 5.91 Å². The molecular formula is C26H29NO4. The third-order valence-electron chi connectivity index (χ3n) is 5.18. The van der Waals surface area contributed by atoms with Crippen LogP contribution in [0.3, 0.4) is 0 Å². The monoisotopic (exact) mass is 419 g/mol. The fraction of sp³-hybridized carbons (Fsp3) is 0.346. The van der Waals surface area contributed by atoms with Gasteiger partial charge in [-0.05, 0) is 48.6 Å². The molecule has 1 heterocycles. The minimum atomic E-state index is -0.518. The summed E-state index contributed by atoms with van der Waals surface area (Å²) in [6, 6.07) is 17.8. The molecule has 162 valence electrons. The van der Waals surface area contributed by atoms with Crippen LogP contribution in [0.25, 0.3) is 0 Å². The Morgan fingerprint density at radius 1 is 1.16 bits per heavy atom. The van der Waals surface area contributed by atoms with E-state index in [9.17, 15) is 4.79 Å². The lowest BCUT2D eigenvalue weighted by Crippen LogP contribution is -2.34. The third-order valence-corrected chi connectivity index (χ3v) is 5.18. The van der Waals surface area contributed by atoms with E-state index < -0.39 is 6.29 Å². The van der Waals surface area contributed by atoms with Gasteiger partial charge in [0, 0.05) is 31.1 Å². The minimum absolute atomic E-state index is 0.0155. The van der Waals surface area contributed by atoms with Crippen molar-refractivity contribution in [2.45, 2.75) is 37.9 Å². The second-order valence-corrected chi connectivity index (χ2v) is 7.48. The van der Waals surface area contributed by atoms with Gasteiger partial charge in [0.2, 0.25) is 6.29 Å². The number of aliphatic hydroxyl groups is 1. The van der Waals surface area contributed by atoms with Crippen LogP contribution in [0.4, 0.5) is 0 Å². The molecule has 0 spiro atoms. The highest BCUT2D eigenvalue weighted by molar-refractivity contribution is 5.91. The Kier molecular flexibility index (Phi) is 8.71. The topological polar surface area (TPSA) is 67.8 Å². The van der Waals surface area contributed by atoms with Crippen molar-refractivity contribution in [3.05, 3.63) is 83.1 Å². The van der Waals surface area contributed by atoms with Crippen molar-refractivity contribution in [2.24, 2.45) is 0 Å². The van der Waals surface area contributed by atoms with Gasteiger partial charge in [0.05, 0.1) is 6.61 Å². The molecule has 1 amide bonds. The quantitative estimate of drug-likeness (QED) is 0.457. The first kappa shape index (κ1) is 22.6. The molecule has 2 aromatic carbocycles. The smallest absolute Gasteiger partial charge is 0.286 e. The summed E-state index contributed by atoms with van der Waals surface area (Å²) < 4.78 is 11.7. The highest BCUT2D eigenvalue weighted by Gasteiger charge is 2.28. The second-order valence-electron chi connectivity index (χ2n) is 7.48. The molecule has 0 fully saturated rings. The number of ether oxygens (including phenoxy) is 2. The van der Waals surface area contributed by atoms with Gasteiger partial charge in [-0.15, -0.1) is 6.42 Å². The number of allylic oxidation sites excluding steroid dienone is 1. The maximum absolute atomic E-state index is 12.8. The number of rotatable bonds is 10. The molecule has 1 aliphatic heterocycles. The first-order chi connectivity index (χ1) is 15.2. The fourth-order valence-electron chi connectivity index (χ4n) is 3.46. The van der Waals surface area contributed by atoms with E-state index >= 15 is 0 Å². The lowest BCUT2D eigenvalue weighted by atomic mass is 9.92. The van der Waals surface area contributed by atoms with Crippen LogP contribution in [0.5, 0.6) is 0 Å². The van der Waals surface area contributed by atoms with Crippen LogP contribution in [0.15, 0.2) is 66.4 Å². The first-order valence-electron chi connectivity index (χ1n) is 10.7. The molecule has 0 saturated carbocycles. The number of benzene rings is 2. The Bertz CT molecular complexity index is 899. The number of hydrogen-bond acceptors (Lipinski definition) is 4.